The van der Waals surface area contributed by atoms with Crippen LogP contribution in [0.1, 0.15) is 5.56 Å². The van der Waals surface area contributed by atoms with E-state index < -0.39 is 20.8 Å². The van der Waals surface area contributed by atoms with E-state index in [0.717, 1.165) is 0 Å². The number of pyridine rings is 1. The first-order valence-corrected chi connectivity index (χ1v) is 5.31. The Hall–Kier alpha value is -0.680. The van der Waals surface area contributed by atoms with E-state index in [0.29, 0.717) is 0 Å². The molecule has 0 aliphatic heterocycles. The van der Waals surface area contributed by atoms with E-state index in [2.05, 4.69) is 4.98 Å². The minimum atomic E-state index is -3.92. The van der Waals surface area contributed by atoms with Gasteiger partial charge in [-0.3, -0.25) is 0 Å². The summed E-state index contributed by atoms with van der Waals surface area (Å²) >= 11 is 0. The zero-order valence-corrected chi connectivity index (χ0v) is 7.44. The van der Waals surface area contributed by atoms with Gasteiger partial charge in [-0.2, -0.15) is 0 Å². The average molecular weight is 210 g/mol. The highest BCUT2D eigenvalue weighted by atomic mass is 35.7. The van der Waals surface area contributed by atoms with E-state index >= 15 is 0 Å². The number of halogens is 2. The molecule has 0 saturated carbocycles. The highest BCUT2D eigenvalue weighted by Crippen LogP contribution is 2.17. The van der Waals surface area contributed by atoms with E-state index in [-0.39, 0.29) is 5.56 Å². The fraction of sp³-hybridized carbons (Fsp3) is 0.167. The zero-order chi connectivity index (χ0) is 9.19. The molecular formula is C6H5ClFNO2S. The Morgan fingerprint density at radius 3 is 2.67 bits per heavy atom. The van der Waals surface area contributed by atoms with Crippen molar-refractivity contribution in [3.05, 3.63) is 23.9 Å². The highest BCUT2D eigenvalue weighted by molar-refractivity contribution is 8.13. The smallest absolute Gasteiger partial charge is 0.246 e. The van der Waals surface area contributed by atoms with Gasteiger partial charge >= 0.3 is 0 Å². The molecule has 1 aromatic rings. The van der Waals surface area contributed by atoms with Gasteiger partial charge in [-0.1, -0.05) is 6.07 Å². The minimum absolute atomic E-state index is 0.0208. The van der Waals surface area contributed by atoms with Crippen LogP contribution < -0.4 is 0 Å². The molecule has 66 valence electrons. The van der Waals surface area contributed by atoms with Gasteiger partial charge in [-0.05, 0) is 6.07 Å². The zero-order valence-electron chi connectivity index (χ0n) is 5.87. The molecule has 0 bridgehead atoms. The molecule has 0 amide bonds. The summed E-state index contributed by atoms with van der Waals surface area (Å²) in [6.07, 6.45) is 1.24. The first kappa shape index (κ1) is 9.41. The molecule has 0 aromatic carbocycles. The first-order valence-electron chi connectivity index (χ1n) is 3.00. The number of nitrogens with zero attached hydrogens (tertiary/aromatic N) is 1. The molecule has 1 rings (SSSR count). The van der Waals surface area contributed by atoms with Crippen LogP contribution >= 0.6 is 10.7 Å². The maximum atomic E-state index is 12.2. The lowest BCUT2D eigenvalue weighted by Gasteiger charge is -1.99. The third kappa shape index (κ3) is 1.92. The van der Waals surface area contributed by atoms with E-state index in [1.165, 1.54) is 18.3 Å². The van der Waals surface area contributed by atoms with Crippen LogP contribution in [-0.2, 0) is 15.7 Å². The third-order valence-electron chi connectivity index (χ3n) is 1.22. The lowest BCUT2D eigenvalue weighted by molar-refractivity contribution is 0.475. The third-order valence-corrected chi connectivity index (χ3v) is 2.49. The van der Waals surface area contributed by atoms with E-state index in [1.807, 2.05) is 0 Å². The van der Waals surface area contributed by atoms with E-state index in [1.54, 1.807) is 0 Å². The average Bonchev–Trinajstić information content (AvgIpc) is 2.03. The molecule has 0 fully saturated rings. The minimum Gasteiger partial charge on any atom is -0.246 e. The molecule has 3 nitrogen and oxygen atoms in total. The monoisotopic (exact) mass is 209 g/mol. The van der Waals surface area contributed by atoms with Crippen LogP contribution in [0.5, 0.6) is 0 Å². The second-order valence-corrected chi connectivity index (χ2v) is 4.52. The van der Waals surface area contributed by atoms with Crippen molar-refractivity contribution in [1.82, 2.24) is 4.98 Å². The SMILES string of the molecule is O=S(=O)(Cl)c1ncccc1CF. The molecule has 0 spiro atoms. The van der Waals surface area contributed by atoms with Crippen LogP contribution in [0.25, 0.3) is 0 Å². The van der Waals surface area contributed by atoms with Crippen molar-refractivity contribution >= 4 is 19.7 Å². The number of hydrogen-bond donors (Lipinski definition) is 0. The molecule has 6 heteroatoms. The van der Waals surface area contributed by atoms with Crippen LogP contribution in [0.2, 0.25) is 0 Å². The van der Waals surface area contributed by atoms with Crippen LogP contribution in [-0.4, -0.2) is 13.4 Å². The lowest BCUT2D eigenvalue weighted by atomic mass is 10.3. The molecule has 0 aliphatic carbocycles. The Kier molecular flexibility index (Phi) is 2.64. The number of hydrogen-bond acceptors (Lipinski definition) is 3. The normalized spacial score (nSPS) is 11.5. The van der Waals surface area contributed by atoms with Gasteiger partial charge in [0, 0.05) is 22.4 Å². The van der Waals surface area contributed by atoms with Crippen molar-refractivity contribution in [2.75, 3.05) is 0 Å². The molecule has 0 saturated heterocycles. The van der Waals surface area contributed by atoms with Crippen molar-refractivity contribution in [3.8, 4) is 0 Å². The van der Waals surface area contributed by atoms with Crippen LogP contribution in [0.4, 0.5) is 4.39 Å². The van der Waals surface area contributed by atoms with Crippen LogP contribution in [0, 0.1) is 0 Å². The standard InChI is InChI=1S/C6H5ClFNO2S/c7-12(10,11)6-5(4-8)2-1-3-9-6/h1-3H,4H2. The molecule has 12 heavy (non-hydrogen) atoms. The van der Waals surface area contributed by atoms with Crippen molar-refractivity contribution in [1.29, 1.82) is 0 Å². The molecule has 0 aliphatic rings. The summed E-state index contributed by atoms with van der Waals surface area (Å²) in [5.41, 5.74) is -0.0208. The maximum Gasteiger partial charge on any atom is 0.279 e. The summed E-state index contributed by atoms with van der Waals surface area (Å²) in [6, 6.07) is 2.77. The highest BCUT2D eigenvalue weighted by Gasteiger charge is 2.16. The van der Waals surface area contributed by atoms with Crippen LogP contribution in [0.15, 0.2) is 23.4 Å². The molecular weight excluding hydrogens is 205 g/mol. The molecule has 1 aromatic heterocycles. The number of alkyl halides is 1. The molecule has 0 unspecified atom stereocenters. The summed E-state index contributed by atoms with van der Waals surface area (Å²) in [5.74, 6) is 0. The summed E-state index contributed by atoms with van der Waals surface area (Å²) in [5, 5.41) is -0.408. The first-order chi connectivity index (χ1) is 5.55. The van der Waals surface area contributed by atoms with Crippen molar-refractivity contribution in [2.45, 2.75) is 11.7 Å². The fourth-order valence-electron chi connectivity index (χ4n) is 0.745. The van der Waals surface area contributed by atoms with Gasteiger partial charge in [0.15, 0.2) is 5.03 Å². The topological polar surface area (TPSA) is 47.0 Å². The van der Waals surface area contributed by atoms with Crippen LogP contribution in [0.3, 0.4) is 0 Å². The van der Waals surface area contributed by atoms with Crippen molar-refractivity contribution in [2.24, 2.45) is 0 Å². The summed E-state index contributed by atoms with van der Waals surface area (Å²) < 4.78 is 33.7. The van der Waals surface area contributed by atoms with Crippen molar-refractivity contribution in [3.63, 3.8) is 0 Å². The molecule has 0 N–H and O–H groups in total. The lowest BCUT2D eigenvalue weighted by Crippen LogP contribution is -1.99. The van der Waals surface area contributed by atoms with Gasteiger partial charge in [0.05, 0.1) is 0 Å². The molecule has 0 radical (unpaired) electrons. The summed E-state index contributed by atoms with van der Waals surface area (Å²) in [4.78, 5) is 3.46. The Balaban J connectivity index is 3.33. The Labute approximate surface area is 73.6 Å². The molecule has 0 atom stereocenters. The Morgan fingerprint density at radius 2 is 2.25 bits per heavy atom. The predicted octanol–water partition coefficient (Wildman–Crippen LogP) is 1.48. The second-order valence-electron chi connectivity index (χ2n) is 2.04. The van der Waals surface area contributed by atoms with Gasteiger partial charge in [0.1, 0.15) is 6.67 Å². The summed E-state index contributed by atoms with van der Waals surface area (Å²) in [6.45, 7) is -0.894. The fourth-order valence-corrected chi connectivity index (χ4v) is 1.78. The second kappa shape index (κ2) is 3.37. The van der Waals surface area contributed by atoms with E-state index in [4.69, 9.17) is 10.7 Å². The number of aromatic nitrogens is 1. The predicted molar refractivity (Wildman–Crippen MR) is 42.1 cm³/mol. The van der Waals surface area contributed by atoms with Gasteiger partial charge in [0.25, 0.3) is 9.05 Å². The Bertz CT molecular complexity index is 379. The quantitative estimate of drug-likeness (QED) is 0.694. The van der Waals surface area contributed by atoms with Crippen molar-refractivity contribution < 1.29 is 12.8 Å². The maximum absolute atomic E-state index is 12.2. The molecule has 1 heterocycles. The largest absolute Gasteiger partial charge is 0.279 e. The van der Waals surface area contributed by atoms with E-state index in [9.17, 15) is 12.8 Å². The Morgan fingerprint density at radius 1 is 1.58 bits per heavy atom. The van der Waals surface area contributed by atoms with Gasteiger partial charge in [-0.15, -0.1) is 0 Å². The number of rotatable bonds is 2. The van der Waals surface area contributed by atoms with Gasteiger partial charge in [-0.25, -0.2) is 17.8 Å². The summed E-state index contributed by atoms with van der Waals surface area (Å²) in [7, 11) is 1.06. The van der Waals surface area contributed by atoms with Gasteiger partial charge in [0.2, 0.25) is 0 Å². The van der Waals surface area contributed by atoms with Gasteiger partial charge < -0.3 is 0 Å².